The lowest BCUT2D eigenvalue weighted by Gasteiger charge is -2.37. The van der Waals surface area contributed by atoms with Crippen LogP contribution in [0.15, 0.2) is 35.7 Å². The number of carbonyl (C=O) groups excluding carboxylic acids is 4. The molecule has 13 heteroatoms. The molecule has 48 heavy (non-hydrogen) atoms. The summed E-state index contributed by atoms with van der Waals surface area (Å²) >= 11 is 1.17. The monoisotopic (exact) mass is 687 g/mol. The molecule has 0 spiro atoms. The number of carboxylic acid groups (broad SMARTS) is 1. The van der Waals surface area contributed by atoms with Crippen molar-refractivity contribution in [2.24, 2.45) is 17.8 Å². The first-order valence-electron chi connectivity index (χ1n) is 16.4. The molecule has 3 N–H and O–H groups in total. The number of nitrogens with one attached hydrogen (secondary N) is 2. The zero-order valence-electron chi connectivity index (χ0n) is 29.7. The van der Waals surface area contributed by atoms with E-state index in [9.17, 15) is 29.1 Å². The second-order valence-corrected chi connectivity index (χ2v) is 14.1. The van der Waals surface area contributed by atoms with Crippen molar-refractivity contribution in [3.63, 3.8) is 0 Å². The molecule has 6 atom stereocenters. The maximum atomic E-state index is 13.9. The van der Waals surface area contributed by atoms with Crippen LogP contribution in [0.2, 0.25) is 0 Å². The first-order chi connectivity index (χ1) is 22.5. The van der Waals surface area contributed by atoms with Crippen LogP contribution in [0.25, 0.3) is 0 Å². The Hall–Kier alpha value is -3.84. The van der Waals surface area contributed by atoms with Gasteiger partial charge in [-0.3, -0.25) is 24.0 Å². The molecule has 0 aliphatic rings. The fourth-order valence-corrected chi connectivity index (χ4v) is 6.33. The van der Waals surface area contributed by atoms with E-state index in [2.05, 4.69) is 15.6 Å². The third-order valence-electron chi connectivity index (χ3n) is 8.38. The average molecular weight is 688 g/mol. The van der Waals surface area contributed by atoms with Crippen LogP contribution in [0.3, 0.4) is 0 Å². The largest absolute Gasteiger partial charge is 0.481 e. The summed E-state index contributed by atoms with van der Waals surface area (Å²) in [5, 5.41) is 17.3. The second kappa shape index (κ2) is 19.2. The Morgan fingerprint density at radius 3 is 2.17 bits per heavy atom. The summed E-state index contributed by atoms with van der Waals surface area (Å²) in [5.74, 6) is -3.27. The number of carboxylic acids is 1. The number of ether oxygens (including phenoxy) is 1. The van der Waals surface area contributed by atoms with Gasteiger partial charge in [-0.05, 0) is 44.3 Å². The number of aromatic nitrogens is 1. The number of likely N-dealkylation sites (N-methyl/N-ethyl adjacent to an activating group) is 2. The van der Waals surface area contributed by atoms with E-state index in [1.54, 1.807) is 43.2 Å². The first-order valence-corrected chi connectivity index (χ1v) is 17.3. The third kappa shape index (κ3) is 12.6. The molecule has 0 saturated heterocycles. The van der Waals surface area contributed by atoms with E-state index >= 15 is 0 Å². The van der Waals surface area contributed by atoms with Crippen LogP contribution in [0.4, 0.5) is 0 Å². The number of hydrogen-bond acceptors (Lipinski definition) is 9. The van der Waals surface area contributed by atoms with E-state index in [1.165, 1.54) is 18.3 Å². The maximum absolute atomic E-state index is 13.9. The van der Waals surface area contributed by atoms with Gasteiger partial charge in [-0.15, -0.1) is 11.3 Å². The number of rotatable bonds is 19. The molecule has 0 unspecified atom stereocenters. The van der Waals surface area contributed by atoms with E-state index in [0.717, 1.165) is 5.56 Å². The number of thiazole rings is 1. The smallest absolute Gasteiger partial charge is 0.306 e. The predicted molar refractivity (Wildman–Crippen MR) is 185 cm³/mol. The summed E-state index contributed by atoms with van der Waals surface area (Å²) < 4.78 is 5.72. The van der Waals surface area contributed by atoms with Crippen LogP contribution in [-0.4, -0.2) is 95.4 Å². The molecule has 0 fully saturated rings. The van der Waals surface area contributed by atoms with E-state index in [4.69, 9.17) is 4.74 Å². The van der Waals surface area contributed by atoms with Gasteiger partial charge in [-0.1, -0.05) is 71.4 Å². The SMILES string of the molecule is CC[C@H](C)[C@H](NC(=O)CN(C)C)C(=O)N(C)[C@H](C[C@@H](OC(C)=O)c1nc(C(=O)N[C@@H](Cc2ccccc2)C[C@H](C)C(=O)O)cs1)C(C)C. The highest BCUT2D eigenvalue weighted by Crippen LogP contribution is 2.31. The first kappa shape index (κ1) is 40.3. The summed E-state index contributed by atoms with van der Waals surface area (Å²) in [6, 6.07) is 7.92. The van der Waals surface area contributed by atoms with Crippen molar-refractivity contribution in [2.45, 2.75) is 91.5 Å². The summed E-state index contributed by atoms with van der Waals surface area (Å²) in [5.41, 5.74) is 1.08. The normalized spacial score (nSPS) is 15.1. The van der Waals surface area contributed by atoms with Crippen molar-refractivity contribution in [1.82, 2.24) is 25.4 Å². The van der Waals surface area contributed by atoms with Crippen molar-refractivity contribution in [2.75, 3.05) is 27.7 Å². The summed E-state index contributed by atoms with van der Waals surface area (Å²) in [6.07, 6.45) is 0.738. The number of amides is 3. The number of esters is 1. The maximum Gasteiger partial charge on any atom is 0.306 e. The van der Waals surface area contributed by atoms with Gasteiger partial charge in [0.25, 0.3) is 5.91 Å². The fraction of sp³-hybridized carbons (Fsp3) is 0.600. The average Bonchev–Trinajstić information content (AvgIpc) is 3.51. The Kier molecular flexibility index (Phi) is 16.2. The van der Waals surface area contributed by atoms with Crippen LogP contribution in [-0.2, 0) is 30.3 Å². The molecule has 0 radical (unpaired) electrons. The Balaban J connectivity index is 2.31. The van der Waals surface area contributed by atoms with Crippen LogP contribution in [0.1, 0.15) is 88.0 Å². The summed E-state index contributed by atoms with van der Waals surface area (Å²) in [7, 11) is 5.26. The lowest BCUT2D eigenvalue weighted by Crippen LogP contribution is -2.55. The molecule has 1 heterocycles. The molecule has 0 aliphatic carbocycles. The van der Waals surface area contributed by atoms with E-state index in [1.807, 2.05) is 58.0 Å². The molecule has 3 amide bonds. The predicted octanol–water partition coefficient (Wildman–Crippen LogP) is 4.16. The van der Waals surface area contributed by atoms with E-state index in [0.29, 0.717) is 17.8 Å². The van der Waals surface area contributed by atoms with Gasteiger partial charge in [0.1, 0.15) is 16.7 Å². The van der Waals surface area contributed by atoms with Crippen molar-refractivity contribution in [1.29, 1.82) is 0 Å². The van der Waals surface area contributed by atoms with Gasteiger partial charge in [0.15, 0.2) is 6.10 Å². The third-order valence-corrected chi connectivity index (χ3v) is 9.32. The Labute approximate surface area is 288 Å². The van der Waals surface area contributed by atoms with E-state index < -0.39 is 48.0 Å². The topological polar surface area (TPSA) is 158 Å². The summed E-state index contributed by atoms with van der Waals surface area (Å²) in [4.78, 5) is 71.7. The van der Waals surface area contributed by atoms with E-state index in [-0.39, 0.29) is 48.7 Å². The van der Waals surface area contributed by atoms with Crippen LogP contribution in [0.5, 0.6) is 0 Å². The minimum Gasteiger partial charge on any atom is -0.481 e. The lowest BCUT2D eigenvalue weighted by atomic mass is 9.93. The number of aliphatic carboxylic acids is 1. The lowest BCUT2D eigenvalue weighted by molar-refractivity contribution is -0.149. The number of hydrogen-bond donors (Lipinski definition) is 3. The number of benzene rings is 1. The zero-order chi connectivity index (χ0) is 36.1. The Morgan fingerprint density at radius 2 is 1.62 bits per heavy atom. The van der Waals surface area contributed by atoms with Crippen molar-refractivity contribution in [3.05, 3.63) is 52.0 Å². The van der Waals surface area contributed by atoms with Gasteiger partial charge in [0, 0.05) is 37.9 Å². The number of nitrogens with zero attached hydrogens (tertiary/aromatic N) is 3. The molecule has 0 bridgehead atoms. The Morgan fingerprint density at radius 1 is 0.979 bits per heavy atom. The quantitative estimate of drug-likeness (QED) is 0.185. The van der Waals surface area contributed by atoms with Gasteiger partial charge in [0.05, 0.1) is 12.5 Å². The van der Waals surface area contributed by atoms with Gasteiger partial charge in [-0.25, -0.2) is 4.98 Å². The molecule has 0 aliphatic heterocycles. The molecular weight excluding hydrogens is 634 g/mol. The molecular formula is C35H53N5O7S. The highest BCUT2D eigenvalue weighted by atomic mass is 32.1. The highest BCUT2D eigenvalue weighted by Gasteiger charge is 2.35. The molecule has 0 saturated carbocycles. The van der Waals surface area contributed by atoms with Gasteiger partial charge in [0.2, 0.25) is 11.8 Å². The van der Waals surface area contributed by atoms with Gasteiger partial charge >= 0.3 is 11.9 Å². The molecule has 2 rings (SSSR count). The van der Waals surface area contributed by atoms with Crippen molar-refractivity contribution in [3.8, 4) is 0 Å². The van der Waals surface area contributed by atoms with Crippen LogP contribution < -0.4 is 10.6 Å². The highest BCUT2D eigenvalue weighted by molar-refractivity contribution is 7.09. The number of carbonyl (C=O) groups is 5. The molecule has 266 valence electrons. The minimum absolute atomic E-state index is 0.0511. The molecule has 1 aromatic carbocycles. The fourth-order valence-electron chi connectivity index (χ4n) is 5.49. The second-order valence-electron chi connectivity index (χ2n) is 13.2. The molecule has 2 aromatic rings. The summed E-state index contributed by atoms with van der Waals surface area (Å²) in [6.45, 7) is 10.9. The molecule has 12 nitrogen and oxygen atoms in total. The van der Waals surface area contributed by atoms with Gasteiger partial charge in [-0.2, -0.15) is 0 Å². The van der Waals surface area contributed by atoms with Crippen LogP contribution in [0, 0.1) is 17.8 Å². The van der Waals surface area contributed by atoms with Gasteiger partial charge < -0.3 is 30.3 Å². The standard InChI is InChI=1S/C35H53N5O7S/c1-10-22(4)31(38-30(42)19-39(7)8)34(44)40(9)28(21(2)3)18-29(47-24(6)41)33-37-27(20-48-33)32(43)36-26(16-23(5)35(45)46)17-25-14-12-11-13-15-25/h11-15,20-23,26,28-29,31H,10,16-19H2,1-9H3,(H,36,43)(H,38,42)(H,45,46)/t22-,23-,26+,28+,29+,31-/m0/s1. The Bertz CT molecular complexity index is 1370. The molecule has 1 aromatic heterocycles. The minimum atomic E-state index is -0.947. The van der Waals surface area contributed by atoms with Crippen molar-refractivity contribution >= 4 is 41.0 Å². The van der Waals surface area contributed by atoms with Crippen LogP contribution >= 0.6 is 11.3 Å². The van der Waals surface area contributed by atoms with Crippen molar-refractivity contribution < 1.29 is 33.8 Å². The zero-order valence-corrected chi connectivity index (χ0v) is 30.5.